The molecule has 0 atom stereocenters. The van der Waals surface area contributed by atoms with Crippen LogP contribution >= 0.6 is 0 Å². The van der Waals surface area contributed by atoms with Gasteiger partial charge in [-0.1, -0.05) is 36.6 Å². The summed E-state index contributed by atoms with van der Waals surface area (Å²) in [4.78, 5) is 16.0. The van der Waals surface area contributed by atoms with E-state index in [0.717, 1.165) is 81.5 Å². The molecule has 31 heavy (non-hydrogen) atoms. The van der Waals surface area contributed by atoms with Gasteiger partial charge in [0.2, 0.25) is 5.91 Å². The van der Waals surface area contributed by atoms with Crippen LogP contribution in [0, 0.1) is 0 Å². The molecule has 1 saturated carbocycles. The Morgan fingerprint density at radius 2 is 1.74 bits per heavy atom. The van der Waals surface area contributed by atoms with Crippen LogP contribution in [-0.2, 0) is 23.1 Å². The van der Waals surface area contributed by atoms with Gasteiger partial charge in [-0.05, 0) is 69.1 Å². The molecular formula is C26H34N2O3. The standard InChI is InChI=1S/C26H34N2O3/c1-30-21-11-9-20(10-12-21)26(15-5-2-6-16-26)25(29)28-17-13-19(14-18-28)24-22-7-3-4-8-23(22)27-31-24/h9-12,19H,2-8,13-18H2,1H3. The predicted molar refractivity (Wildman–Crippen MR) is 119 cm³/mol. The molecule has 5 rings (SSSR count). The molecule has 2 aromatic rings. The zero-order chi connectivity index (χ0) is 21.3. The van der Waals surface area contributed by atoms with Crippen molar-refractivity contribution in [1.82, 2.24) is 10.1 Å². The molecule has 2 heterocycles. The maximum absolute atomic E-state index is 13.9. The summed E-state index contributed by atoms with van der Waals surface area (Å²) >= 11 is 0. The third-order valence-corrected chi connectivity index (χ3v) is 7.90. The number of hydrogen-bond donors (Lipinski definition) is 0. The lowest BCUT2D eigenvalue weighted by Gasteiger charge is -2.42. The fourth-order valence-corrected chi connectivity index (χ4v) is 6.07. The highest BCUT2D eigenvalue weighted by molar-refractivity contribution is 5.88. The Morgan fingerprint density at radius 1 is 1.03 bits per heavy atom. The van der Waals surface area contributed by atoms with Crippen molar-refractivity contribution in [3.8, 4) is 5.75 Å². The first-order chi connectivity index (χ1) is 15.2. The largest absolute Gasteiger partial charge is 0.497 e. The number of ether oxygens (including phenoxy) is 1. The minimum Gasteiger partial charge on any atom is -0.497 e. The highest BCUT2D eigenvalue weighted by Crippen LogP contribution is 2.43. The summed E-state index contributed by atoms with van der Waals surface area (Å²) in [6.07, 6.45) is 12.0. The van der Waals surface area contributed by atoms with Crippen molar-refractivity contribution in [1.29, 1.82) is 0 Å². The fourth-order valence-electron chi connectivity index (χ4n) is 6.07. The lowest BCUT2D eigenvalue weighted by molar-refractivity contribution is -0.140. The molecule has 5 nitrogen and oxygen atoms in total. The van der Waals surface area contributed by atoms with E-state index in [9.17, 15) is 4.79 Å². The van der Waals surface area contributed by atoms with Crippen LogP contribution in [0.4, 0.5) is 0 Å². The first-order valence-electron chi connectivity index (χ1n) is 12.1. The van der Waals surface area contributed by atoms with E-state index in [1.165, 1.54) is 30.5 Å². The van der Waals surface area contributed by atoms with Gasteiger partial charge >= 0.3 is 0 Å². The van der Waals surface area contributed by atoms with Crippen molar-refractivity contribution >= 4 is 5.91 Å². The van der Waals surface area contributed by atoms with Crippen LogP contribution in [0.25, 0.3) is 0 Å². The Morgan fingerprint density at radius 3 is 2.45 bits per heavy atom. The summed E-state index contributed by atoms with van der Waals surface area (Å²) in [5, 5.41) is 4.36. The number of amides is 1. The summed E-state index contributed by atoms with van der Waals surface area (Å²) in [7, 11) is 1.69. The minimum absolute atomic E-state index is 0.329. The van der Waals surface area contributed by atoms with Crippen LogP contribution in [0.2, 0.25) is 0 Å². The van der Waals surface area contributed by atoms with Crippen molar-refractivity contribution in [3.05, 3.63) is 46.8 Å². The monoisotopic (exact) mass is 422 g/mol. The number of rotatable bonds is 4. The molecule has 3 aliphatic rings. The third kappa shape index (κ3) is 3.77. The molecule has 1 amide bonds. The second kappa shape index (κ2) is 8.68. The Kier molecular flexibility index (Phi) is 5.77. The normalized spacial score (nSPS) is 21.5. The summed E-state index contributed by atoms with van der Waals surface area (Å²) in [5.41, 5.74) is 3.34. The molecule has 0 spiro atoms. The average molecular weight is 423 g/mol. The molecule has 166 valence electrons. The highest BCUT2D eigenvalue weighted by atomic mass is 16.5. The van der Waals surface area contributed by atoms with Crippen molar-refractivity contribution in [2.45, 2.75) is 82.0 Å². The van der Waals surface area contributed by atoms with Crippen LogP contribution < -0.4 is 4.74 Å². The quantitative estimate of drug-likeness (QED) is 0.682. The molecule has 0 N–H and O–H groups in total. The van der Waals surface area contributed by atoms with Gasteiger partial charge in [0.15, 0.2) is 0 Å². The lowest BCUT2D eigenvalue weighted by Crippen LogP contribution is -2.50. The Labute approximate surface area is 185 Å². The minimum atomic E-state index is -0.372. The van der Waals surface area contributed by atoms with Crippen LogP contribution in [-0.4, -0.2) is 36.2 Å². The SMILES string of the molecule is COc1ccc(C2(C(=O)N3CCC(c4onc5c4CCCC5)CC3)CCCCC2)cc1. The molecule has 2 fully saturated rings. The summed E-state index contributed by atoms with van der Waals surface area (Å²) < 4.78 is 11.2. The Balaban J connectivity index is 1.32. The molecule has 0 bridgehead atoms. The van der Waals surface area contributed by atoms with Crippen LogP contribution in [0.1, 0.15) is 86.3 Å². The van der Waals surface area contributed by atoms with E-state index < -0.39 is 0 Å². The van der Waals surface area contributed by atoms with E-state index in [0.29, 0.717) is 11.8 Å². The molecule has 2 aliphatic carbocycles. The maximum atomic E-state index is 13.9. The van der Waals surface area contributed by atoms with Gasteiger partial charge in [-0.25, -0.2) is 0 Å². The smallest absolute Gasteiger partial charge is 0.233 e. The first kappa shape index (κ1) is 20.6. The summed E-state index contributed by atoms with van der Waals surface area (Å²) in [5.74, 6) is 2.69. The van der Waals surface area contributed by atoms with Crippen molar-refractivity contribution < 1.29 is 14.1 Å². The van der Waals surface area contributed by atoms with Crippen molar-refractivity contribution in [2.24, 2.45) is 0 Å². The number of piperidine rings is 1. The zero-order valence-electron chi connectivity index (χ0n) is 18.7. The second-order valence-corrected chi connectivity index (χ2v) is 9.62. The van der Waals surface area contributed by atoms with Gasteiger partial charge < -0.3 is 14.2 Å². The van der Waals surface area contributed by atoms with E-state index in [4.69, 9.17) is 9.26 Å². The second-order valence-electron chi connectivity index (χ2n) is 9.62. The number of aromatic nitrogens is 1. The number of nitrogens with zero attached hydrogens (tertiary/aromatic N) is 2. The van der Waals surface area contributed by atoms with E-state index in [1.807, 2.05) is 12.1 Å². The van der Waals surface area contributed by atoms with Gasteiger partial charge in [-0.3, -0.25) is 4.79 Å². The number of likely N-dealkylation sites (tertiary alicyclic amines) is 1. The van der Waals surface area contributed by atoms with Gasteiger partial charge in [-0.15, -0.1) is 0 Å². The van der Waals surface area contributed by atoms with E-state index >= 15 is 0 Å². The van der Waals surface area contributed by atoms with Gasteiger partial charge in [0, 0.05) is 24.6 Å². The molecule has 5 heteroatoms. The number of carbonyl (C=O) groups is 1. The number of hydrogen-bond acceptors (Lipinski definition) is 4. The predicted octanol–water partition coefficient (Wildman–Crippen LogP) is 5.17. The van der Waals surface area contributed by atoms with E-state index in [-0.39, 0.29) is 5.41 Å². The number of aryl methyl sites for hydroxylation is 1. The fraction of sp³-hybridized carbons (Fsp3) is 0.615. The Hall–Kier alpha value is -2.30. The molecule has 1 aromatic carbocycles. The van der Waals surface area contributed by atoms with Gasteiger partial charge in [0.05, 0.1) is 18.2 Å². The third-order valence-electron chi connectivity index (χ3n) is 7.90. The van der Waals surface area contributed by atoms with Crippen LogP contribution in [0.5, 0.6) is 5.75 Å². The molecule has 0 radical (unpaired) electrons. The van der Waals surface area contributed by atoms with Crippen molar-refractivity contribution in [2.75, 3.05) is 20.2 Å². The molecule has 1 saturated heterocycles. The first-order valence-corrected chi connectivity index (χ1v) is 12.1. The highest BCUT2D eigenvalue weighted by Gasteiger charge is 2.44. The average Bonchev–Trinajstić information content (AvgIpc) is 3.28. The number of methoxy groups -OCH3 is 1. The molecular weight excluding hydrogens is 388 g/mol. The van der Waals surface area contributed by atoms with Gasteiger partial charge in [0.1, 0.15) is 11.5 Å². The maximum Gasteiger partial charge on any atom is 0.233 e. The molecule has 1 aromatic heterocycles. The van der Waals surface area contributed by atoms with E-state index in [1.54, 1.807) is 7.11 Å². The van der Waals surface area contributed by atoms with Gasteiger partial charge in [-0.2, -0.15) is 0 Å². The summed E-state index contributed by atoms with van der Waals surface area (Å²) in [6.45, 7) is 1.63. The summed E-state index contributed by atoms with van der Waals surface area (Å²) in [6, 6.07) is 8.21. The van der Waals surface area contributed by atoms with Crippen LogP contribution in [0.3, 0.4) is 0 Å². The van der Waals surface area contributed by atoms with E-state index in [2.05, 4.69) is 22.2 Å². The van der Waals surface area contributed by atoms with Crippen LogP contribution in [0.15, 0.2) is 28.8 Å². The number of fused-ring (bicyclic) bond motifs is 1. The molecule has 0 unspecified atom stereocenters. The topological polar surface area (TPSA) is 55.6 Å². The lowest BCUT2D eigenvalue weighted by atomic mass is 9.68. The zero-order valence-corrected chi connectivity index (χ0v) is 18.7. The number of carbonyl (C=O) groups excluding carboxylic acids is 1. The van der Waals surface area contributed by atoms with Gasteiger partial charge in [0.25, 0.3) is 0 Å². The van der Waals surface area contributed by atoms with Crippen molar-refractivity contribution in [3.63, 3.8) is 0 Å². The molecule has 1 aliphatic heterocycles. The Bertz CT molecular complexity index is 903. The number of benzene rings is 1.